The zero-order valence-corrected chi connectivity index (χ0v) is 17.2. The molecule has 2 heterocycles. The number of ether oxygens (including phenoxy) is 1. The fourth-order valence-electron chi connectivity index (χ4n) is 2.85. The lowest BCUT2D eigenvalue weighted by atomic mass is 10.2. The predicted molar refractivity (Wildman–Crippen MR) is 94.2 cm³/mol. The van der Waals surface area contributed by atoms with E-state index in [2.05, 4.69) is 4.84 Å². The molecule has 32 heavy (non-hydrogen) atoms. The van der Waals surface area contributed by atoms with Crippen LogP contribution in [0.25, 0.3) is 0 Å². The van der Waals surface area contributed by atoms with Crippen LogP contribution in [0.2, 0.25) is 0 Å². The van der Waals surface area contributed by atoms with E-state index in [1.165, 1.54) is 6.92 Å². The van der Waals surface area contributed by atoms with E-state index in [-0.39, 0.29) is 24.6 Å². The van der Waals surface area contributed by atoms with Crippen molar-refractivity contribution in [2.24, 2.45) is 0 Å². The third kappa shape index (κ3) is 6.18. The van der Waals surface area contributed by atoms with Gasteiger partial charge >= 0.3 is 24.3 Å². The Morgan fingerprint density at radius 1 is 1.00 bits per heavy atom. The Labute approximate surface area is 180 Å². The highest BCUT2D eigenvalue weighted by atomic mass is 32.1. The van der Waals surface area contributed by atoms with Crippen LogP contribution in [0, 0.1) is 0 Å². The summed E-state index contributed by atoms with van der Waals surface area (Å²) in [6.45, 7) is -0.653. The lowest BCUT2D eigenvalue weighted by Gasteiger charge is -2.40. The summed E-state index contributed by atoms with van der Waals surface area (Å²) in [5.41, 5.74) is 0. The van der Waals surface area contributed by atoms with E-state index in [0.717, 1.165) is 17.0 Å². The van der Waals surface area contributed by atoms with Crippen LogP contribution in [-0.2, 0) is 19.2 Å². The first kappa shape index (κ1) is 25.6. The quantitative estimate of drug-likeness (QED) is 0.263. The molecule has 1 amide bonds. The van der Waals surface area contributed by atoms with Gasteiger partial charge in [0, 0.05) is 0 Å². The number of hydrogen-bond donors (Lipinski definition) is 0. The van der Waals surface area contributed by atoms with Gasteiger partial charge in [-0.2, -0.15) is 26.3 Å². The summed E-state index contributed by atoms with van der Waals surface area (Å²) in [5.74, 6) is -6.30. The number of esters is 1. The molecule has 0 radical (unpaired) electrons. The van der Waals surface area contributed by atoms with Gasteiger partial charge in [0.2, 0.25) is 6.54 Å². The number of hydrogen-bond acceptors (Lipinski definition) is 7. The molecule has 1 aliphatic rings. The van der Waals surface area contributed by atoms with Crippen LogP contribution in [0.15, 0.2) is 12.1 Å². The Hall–Kier alpha value is -2.68. The van der Waals surface area contributed by atoms with Gasteiger partial charge in [0.25, 0.3) is 11.7 Å². The van der Waals surface area contributed by atoms with Gasteiger partial charge in [-0.1, -0.05) is 0 Å². The summed E-state index contributed by atoms with van der Waals surface area (Å²) >= 11 is 0.327. The molecule has 1 aliphatic heterocycles. The van der Waals surface area contributed by atoms with Crippen molar-refractivity contribution in [2.75, 3.05) is 39.3 Å². The van der Waals surface area contributed by atoms with Gasteiger partial charge in [-0.25, -0.2) is 9.59 Å². The Balaban J connectivity index is 2.13. The minimum atomic E-state index is -5.31. The van der Waals surface area contributed by atoms with E-state index >= 15 is 0 Å². The van der Waals surface area contributed by atoms with Gasteiger partial charge in [-0.05, 0) is 19.1 Å². The molecule has 1 fully saturated rings. The molecule has 0 saturated carbocycles. The van der Waals surface area contributed by atoms with Gasteiger partial charge in [0.15, 0.2) is 0 Å². The van der Waals surface area contributed by atoms with E-state index in [1.54, 1.807) is 0 Å². The number of nitrogens with zero attached hydrogens (tertiary/aromatic N) is 2. The summed E-state index contributed by atoms with van der Waals surface area (Å²) < 4.78 is 79.2. The molecular weight excluding hydrogens is 474 g/mol. The summed E-state index contributed by atoms with van der Waals surface area (Å²) in [6, 6.07) is 1.88. The molecule has 8 nitrogen and oxygen atoms in total. The molecule has 1 saturated heterocycles. The van der Waals surface area contributed by atoms with Crippen molar-refractivity contribution in [1.82, 2.24) is 4.90 Å². The Morgan fingerprint density at radius 2 is 1.56 bits per heavy atom. The third-order valence-corrected chi connectivity index (χ3v) is 5.44. The van der Waals surface area contributed by atoms with Gasteiger partial charge in [-0.3, -0.25) is 14.4 Å². The number of piperazine rings is 1. The van der Waals surface area contributed by atoms with Crippen molar-refractivity contribution in [3.05, 3.63) is 21.9 Å². The van der Waals surface area contributed by atoms with Crippen molar-refractivity contribution in [3.63, 3.8) is 0 Å². The fraction of sp³-hybridized carbons (Fsp3) is 0.529. The van der Waals surface area contributed by atoms with E-state index in [0.29, 0.717) is 11.3 Å². The topological polar surface area (TPSA) is 90.0 Å². The van der Waals surface area contributed by atoms with Crippen molar-refractivity contribution >= 4 is 35.0 Å². The van der Waals surface area contributed by atoms with Crippen LogP contribution in [0.3, 0.4) is 0 Å². The first-order chi connectivity index (χ1) is 14.7. The molecule has 15 heteroatoms. The Kier molecular flexibility index (Phi) is 7.55. The number of ketones is 1. The Bertz CT molecular complexity index is 889. The highest BCUT2D eigenvalue weighted by molar-refractivity contribution is 7.16. The molecule has 0 aromatic carbocycles. The van der Waals surface area contributed by atoms with Crippen LogP contribution < -0.4 is 0 Å². The monoisotopic (exact) mass is 491 g/mol. The van der Waals surface area contributed by atoms with Crippen molar-refractivity contribution in [1.29, 1.82) is 0 Å². The first-order valence-electron chi connectivity index (χ1n) is 9.01. The summed E-state index contributed by atoms with van der Waals surface area (Å²) in [7, 11) is 0. The second-order valence-corrected chi connectivity index (χ2v) is 7.71. The zero-order valence-electron chi connectivity index (χ0n) is 16.4. The zero-order chi connectivity index (χ0) is 24.3. The standard InChI is InChI=1S/C17H17F6N2O6S/c1-2-30-12(26)9-25(31-15(29)17(21,22)23)7-5-24(6-8-25)14(28)11-4-3-10(32-11)13(27)16(18,19)20/h3-4H,2,5-9H2,1H3/q+1. The molecule has 1 aromatic heterocycles. The minimum absolute atomic E-state index is 0.0615. The Morgan fingerprint density at radius 3 is 2.06 bits per heavy atom. The van der Waals surface area contributed by atoms with Crippen LogP contribution in [0.1, 0.15) is 26.3 Å². The number of rotatable bonds is 6. The predicted octanol–water partition coefficient (Wildman–Crippen LogP) is 2.35. The number of amides is 1. The maximum absolute atomic E-state index is 12.7. The summed E-state index contributed by atoms with van der Waals surface area (Å²) in [5, 5.41) is 0. The van der Waals surface area contributed by atoms with Gasteiger partial charge < -0.3 is 9.64 Å². The van der Waals surface area contributed by atoms with Crippen LogP contribution in [-0.4, -0.2) is 84.9 Å². The van der Waals surface area contributed by atoms with Crippen LogP contribution >= 0.6 is 11.3 Å². The molecule has 0 unspecified atom stereocenters. The molecule has 0 N–H and O–H groups in total. The minimum Gasteiger partial charge on any atom is -0.462 e. The molecule has 0 aliphatic carbocycles. The molecule has 178 valence electrons. The lowest BCUT2D eigenvalue weighted by Crippen LogP contribution is -2.63. The number of carbonyl (C=O) groups is 4. The largest absolute Gasteiger partial charge is 0.497 e. The fourth-order valence-corrected chi connectivity index (χ4v) is 3.79. The van der Waals surface area contributed by atoms with Crippen molar-refractivity contribution in [2.45, 2.75) is 19.3 Å². The number of Topliss-reactive ketones (excluding diaryl/α,β-unsaturated/α-hetero) is 1. The first-order valence-corrected chi connectivity index (χ1v) is 9.83. The van der Waals surface area contributed by atoms with Crippen LogP contribution in [0.4, 0.5) is 26.3 Å². The molecule has 1 aromatic rings. The maximum Gasteiger partial charge on any atom is 0.497 e. The second kappa shape index (κ2) is 9.44. The van der Waals surface area contributed by atoms with E-state index in [9.17, 15) is 45.5 Å². The van der Waals surface area contributed by atoms with Crippen molar-refractivity contribution < 1.29 is 59.7 Å². The molecular formula is C17H17F6N2O6S+. The maximum atomic E-state index is 12.7. The summed E-state index contributed by atoms with van der Waals surface area (Å²) in [4.78, 5) is 51.8. The molecule has 2 rings (SSSR count). The number of hydroxylamine groups is 3. The van der Waals surface area contributed by atoms with E-state index in [1.807, 2.05) is 0 Å². The SMILES string of the molecule is CCOC(=O)C[N+]1(OC(=O)C(F)(F)F)CCN(C(=O)c2ccc(C(=O)C(F)(F)F)s2)CC1. The number of quaternary nitrogens is 1. The number of carbonyl (C=O) groups excluding carboxylic acids is 4. The van der Waals surface area contributed by atoms with Crippen molar-refractivity contribution in [3.8, 4) is 0 Å². The van der Waals surface area contributed by atoms with E-state index in [4.69, 9.17) is 4.74 Å². The molecule has 0 spiro atoms. The number of halogens is 6. The smallest absolute Gasteiger partial charge is 0.462 e. The highest BCUT2D eigenvalue weighted by Gasteiger charge is 2.50. The molecule has 0 atom stereocenters. The highest BCUT2D eigenvalue weighted by Crippen LogP contribution is 2.28. The third-order valence-electron chi connectivity index (χ3n) is 4.37. The summed E-state index contributed by atoms with van der Waals surface area (Å²) in [6.07, 6.45) is -10.4. The van der Waals surface area contributed by atoms with Crippen LogP contribution in [0.5, 0.6) is 0 Å². The number of alkyl halides is 6. The molecule has 0 bridgehead atoms. The average Bonchev–Trinajstić information content (AvgIpc) is 3.16. The normalized spacial score (nSPS) is 16.4. The van der Waals surface area contributed by atoms with Gasteiger partial charge in [-0.15, -0.1) is 16.0 Å². The second-order valence-electron chi connectivity index (χ2n) is 6.63. The lowest BCUT2D eigenvalue weighted by molar-refractivity contribution is -1.09. The average molecular weight is 491 g/mol. The van der Waals surface area contributed by atoms with Gasteiger partial charge in [0.05, 0.1) is 29.5 Å². The number of thiophene rings is 1. The van der Waals surface area contributed by atoms with Gasteiger partial charge in [0.1, 0.15) is 13.1 Å². The van der Waals surface area contributed by atoms with E-state index < -0.39 is 65.1 Å².